The van der Waals surface area contributed by atoms with E-state index in [1.807, 2.05) is 23.1 Å². The summed E-state index contributed by atoms with van der Waals surface area (Å²) in [6.45, 7) is 2.19. The second kappa shape index (κ2) is 11.2. The van der Waals surface area contributed by atoms with E-state index >= 15 is 0 Å². The number of nitrogens with zero attached hydrogens (tertiary/aromatic N) is 2. The third-order valence-electron chi connectivity index (χ3n) is 7.42. The molecule has 0 bridgehead atoms. The van der Waals surface area contributed by atoms with Crippen molar-refractivity contribution in [1.82, 2.24) is 9.80 Å². The maximum absolute atomic E-state index is 12.9. The molecule has 8 heteroatoms. The molecule has 2 heterocycles. The molecule has 174 valence electrons. The van der Waals surface area contributed by atoms with Gasteiger partial charge in [-0.1, -0.05) is 23.7 Å². The fourth-order valence-corrected chi connectivity index (χ4v) is 5.78. The molecule has 1 aromatic carbocycles. The van der Waals surface area contributed by atoms with Crippen LogP contribution in [-0.4, -0.2) is 53.3 Å². The number of halogens is 3. The molecule has 1 atom stereocenters. The number of hydrogen-bond acceptors (Lipinski definition) is 3. The van der Waals surface area contributed by atoms with E-state index in [1.165, 1.54) is 5.56 Å². The van der Waals surface area contributed by atoms with Crippen molar-refractivity contribution in [3.63, 3.8) is 0 Å². The van der Waals surface area contributed by atoms with Gasteiger partial charge in [0.2, 0.25) is 11.8 Å². The number of benzene rings is 1. The van der Waals surface area contributed by atoms with Gasteiger partial charge in [0.25, 0.3) is 0 Å². The minimum absolute atomic E-state index is 0. The summed E-state index contributed by atoms with van der Waals surface area (Å²) in [5.74, 6) is 0.446. The Bertz CT molecular complexity index is 768. The van der Waals surface area contributed by atoms with Gasteiger partial charge in [-0.2, -0.15) is 0 Å². The molecule has 0 spiro atoms. The van der Waals surface area contributed by atoms with E-state index in [-0.39, 0.29) is 48.1 Å². The molecule has 1 saturated carbocycles. The lowest BCUT2D eigenvalue weighted by Crippen LogP contribution is -2.55. The van der Waals surface area contributed by atoms with Crippen molar-refractivity contribution in [2.45, 2.75) is 75.3 Å². The average Bonchev–Trinajstić information content (AvgIpc) is 2.74. The highest BCUT2D eigenvalue weighted by atomic mass is 35.5. The number of carbonyl (C=O) groups excluding carboxylic acids is 2. The van der Waals surface area contributed by atoms with Gasteiger partial charge in [0, 0.05) is 55.0 Å². The Morgan fingerprint density at radius 1 is 0.968 bits per heavy atom. The molecule has 5 nitrogen and oxygen atoms in total. The lowest BCUT2D eigenvalue weighted by Gasteiger charge is -2.46. The van der Waals surface area contributed by atoms with Gasteiger partial charge < -0.3 is 15.5 Å². The summed E-state index contributed by atoms with van der Waals surface area (Å²) >= 11 is 6.22. The zero-order valence-corrected chi connectivity index (χ0v) is 20.3. The van der Waals surface area contributed by atoms with Crippen LogP contribution in [0.5, 0.6) is 0 Å². The van der Waals surface area contributed by atoms with Gasteiger partial charge in [-0.25, -0.2) is 0 Å². The second-order valence-corrected chi connectivity index (χ2v) is 9.44. The van der Waals surface area contributed by atoms with Crippen LogP contribution < -0.4 is 5.73 Å². The normalized spacial score (nSPS) is 29.2. The second-order valence-electron chi connectivity index (χ2n) is 9.00. The molecule has 31 heavy (non-hydrogen) atoms. The quantitative estimate of drug-likeness (QED) is 0.683. The van der Waals surface area contributed by atoms with Crippen LogP contribution in [-0.2, 0) is 15.0 Å². The summed E-state index contributed by atoms with van der Waals surface area (Å²) in [5.41, 5.74) is 7.41. The third kappa shape index (κ3) is 5.50. The molecular formula is C23H34Cl3N3O2. The molecule has 0 radical (unpaired) electrons. The number of amides is 2. The summed E-state index contributed by atoms with van der Waals surface area (Å²) in [6, 6.07) is 8.46. The first-order valence-electron chi connectivity index (χ1n) is 11.1. The molecule has 1 unspecified atom stereocenters. The molecule has 0 aromatic heterocycles. The minimum Gasteiger partial charge on any atom is -0.340 e. The predicted octanol–water partition coefficient (Wildman–Crippen LogP) is 4.33. The van der Waals surface area contributed by atoms with Crippen molar-refractivity contribution < 1.29 is 9.59 Å². The molecule has 1 aromatic rings. The summed E-state index contributed by atoms with van der Waals surface area (Å²) in [5, 5.41) is 0.752. The Kier molecular flexibility index (Phi) is 9.50. The number of nitrogens with two attached hydrogens (primary N) is 1. The van der Waals surface area contributed by atoms with Crippen LogP contribution in [0, 0.1) is 0 Å². The van der Waals surface area contributed by atoms with Crippen molar-refractivity contribution >= 4 is 48.2 Å². The van der Waals surface area contributed by atoms with E-state index in [0.29, 0.717) is 25.4 Å². The molecule has 3 fully saturated rings. The van der Waals surface area contributed by atoms with E-state index in [4.69, 9.17) is 17.3 Å². The molecule has 4 rings (SSSR count). The van der Waals surface area contributed by atoms with Crippen LogP contribution in [0.3, 0.4) is 0 Å². The Balaban J connectivity index is 0.00000171. The topological polar surface area (TPSA) is 66.6 Å². The zero-order valence-electron chi connectivity index (χ0n) is 17.9. The summed E-state index contributed by atoms with van der Waals surface area (Å²) < 4.78 is 0. The number of likely N-dealkylation sites (tertiary alicyclic amines) is 2. The number of carbonyl (C=O) groups is 2. The maximum atomic E-state index is 12.9. The number of rotatable bonds is 4. The fraction of sp³-hybridized carbons (Fsp3) is 0.652. The molecular weight excluding hydrogens is 457 g/mol. The summed E-state index contributed by atoms with van der Waals surface area (Å²) in [7, 11) is 0. The van der Waals surface area contributed by atoms with Crippen molar-refractivity contribution in [2.75, 3.05) is 19.6 Å². The number of piperidine rings is 2. The van der Waals surface area contributed by atoms with E-state index in [9.17, 15) is 9.59 Å². The Morgan fingerprint density at radius 2 is 1.68 bits per heavy atom. The average molecular weight is 491 g/mol. The maximum Gasteiger partial charge on any atom is 0.224 e. The van der Waals surface area contributed by atoms with Gasteiger partial charge in [-0.05, 0) is 62.6 Å². The van der Waals surface area contributed by atoms with Gasteiger partial charge in [0.15, 0.2) is 0 Å². The van der Waals surface area contributed by atoms with Crippen LogP contribution in [0.4, 0.5) is 0 Å². The van der Waals surface area contributed by atoms with E-state index in [1.54, 1.807) is 0 Å². The Labute approximate surface area is 202 Å². The van der Waals surface area contributed by atoms with Crippen molar-refractivity contribution in [3.05, 3.63) is 34.9 Å². The zero-order chi connectivity index (χ0) is 20.4. The first kappa shape index (κ1) is 26.2. The lowest BCUT2D eigenvalue weighted by atomic mass is 9.68. The van der Waals surface area contributed by atoms with E-state index in [0.717, 1.165) is 63.1 Å². The standard InChI is InChI=1S/C23H32ClN3O2.2ClH/c24-18-5-3-4-17(14-18)23(16-25)10-7-19(8-11-23)27-13-9-20(15-22(27)29)26-12-2-1-6-21(26)28;;/h3-5,14,19-20H,1-2,6-13,15-16,25H2;2*1H/t19-,20?,23+;;. The van der Waals surface area contributed by atoms with Crippen LogP contribution in [0.2, 0.25) is 5.02 Å². The van der Waals surface area contributed by atoms with Gasteiger partial charge in [-0.3, -0.25) is 9.59 Å². The molecule has 3 aliphatic rings. The smallest absolute Gasteiger partial charge is 0.224 e. The van der Waals surface area contributed by atoms with E-state index in [2.05, 4.69) is 11.0 Å². The molecule has 2 saturated heterocycles. The fourth-order valence-electron chi connectivity index (χ4n) is 5.59. The van der Waals surface area contributed by atoms with Crippen molar-refractivity contribution in [1.29, 1.82) is 0 Å². The Hall–Kier alpha value is -1.01. The minimum atomic E-state index is -0.0387. The van der Waals surface area contributed by atoms with E-state index < -0.39 is 0 Å². The predicted molar refractivity (Wildman–Crippen MR) is 129 cm³/mol. The molecule has 2 aliphatic heterocycles. The first-order valence-corrected chi connectivity index (χ1v) is 11.5. The van der Waals surface area contributed by atoms with Gasteiger partial charge in [0.05, 0.1) is 0 Å². The third-order valence-corrected chi connectivity index (χ3v) is 7.65. The molecule has 2 N–H and O–H groups in total. The highest BCUT2D eigenvalue weighted by Crippen LogP contribution is 2.41. The van der Waals surface area contributed by atoms with Crippen LogP contribution in [0.25, 0.3) is 0 Å². The monoisotopic (exact) mass is 489 g/mol. The largest absolute Gasteiger partial charge is 0.340 e. The van der Waals surface area contributed by atoms with Crippen LogP contribution in [0.15, 0.2) is 24.3 Å². The number of hydrogen-bond donors (Lipinski definition) is 1. The summed E-state index contributed by atoms with van der Waals surface area (Å²) in [4.78, 5) is 29.2. The first-order chi connectivity index (χ1) is 14.0. The highest BCUT2D eigenvalue weighted by Gasteiger charge is 2.41. The van der Waals surface area contributed by atoms with Crippen LogP contribution >= 0.6 is 36.4 Å². The van der Waals surface area contributed by atoms with Crippen LogP contribution in [0.1, 0.15) is 63.4 Å². The SMILES string of the molecule is Cl.Cl.NC[C@]1(c2cccc(Cl)c2)CC[C@@H](N2CCC(N3CCCCC3=O)CC2=O)CC1. The lowest BCUT2D eigenvalue weighted by molar-refractivity contribution is -0.144. The summed E-state index contributed by atoms with van der Waals surface area (Å²) in [6.07, 6.45) is 7.99. The van der Waals surface area contributed by atoms with Gasteiger partial charge >= 0.3 is 0 Å². The van der Waals surface area contributed by atoms with Crippen molar-refractivity contribution in [3.8, 4) is 0 Å². The van der Waals surface area contributed by atoms with Crippen molar-refractivity contribution in [2.24, 2.45) is 5.73 Å². The van der Waals surface area contributed by atoms with Gasteiger partial charge in [-0.15, -0.1) is 24.8 Å². The molecule has 1 aliphatic carbocycles. The molecule has 2 amide bonds. The highest BCUT2D eigenvalue weighted by molar-refractivity contribution is 6.30. The van der Waals surface area contributed by atoms with Gasteiger partial charge in [0.1, 0.15) is 0 Å². The Morgan fingerprint density at radius 3 is 2.29 bits per heavy atom.